The first-order valence-corrected chi connectivity index (χ1v) is 7.37. The second-order valence-electron chi connectivity index (χ2n) is 5.40. The Morgan fingerprint density at radius 3 is 1.81 bits per heavy atom. The van der Waals surface area contributed by atoms with Crippen molar-refractivity contribution < 1.29 is 0 Å². The third kappa shape index (κ3) is 2.09. The van der Waals surface area contributed by atoms with Crippen LogP contribution in [0.2, 0.25) is 0 Å². The van der Waals surface area contributed by atoms with Crippen LogP contribution in [0.15, 0.2) is 78.4 Å². The minimum absolute atomic E-state index is 0.995. The second-order valence-corrected chi connectivity index (χ2v) is 5.40. The molecule has 0 saturated heterocycles. The van der Waals surface area contributed by atoms with Gasteiger partial charge in [0.1, 0.15) is 0 Å². The summed E-state index contributed by atoms with van der Waals surface area (Å²) in [7, 11) is 0. The van der Waals surface area contributed by atoms with E-state index < -0.39 is 0 Å². The van der Waals surface area contributed by atoms with Crippen molar-refractivity contribution in [1.82, 2.24) is 0 Å². The molecule has 0 radical (unpaired) electrons. The summed E-state index contributed by atoms with van der Waals surface area (Å²) in [5.41, 5.74) is 7.99. The molecular weight excluding hydrogens is 252 g/mol. The first-order chi connectivity index (χ1) is 10.4. The average Bonchev–Trinajstić information content (AvgIpc) is 2.72. The van der Waals surface area contributed by atoms with Crippen LogP contribution in [0.3, 0.4) is 0 Å². The van der Waals surface area contributed by atoms with E-state index in [-0.39, 0.29) is 0 Å². The summed E-state index contributed by atoms with van der Waals surface area (Å²) in [6.45, 7) is 0. The monoisotopic (exact) mass is 268 g/mol. The molecule has 0 heteroatoms. The van der Waals surface area contributed by atoms with Gasteiger partial charge in [-0.3, -0.25) is 0 Å². The number of hydrogen-bond acceptors (Lipinski definition) is 0. The fourth-order valence-corrected chi connectivity index (χ4v) is 3.11. The zero-order valence-corrected chi connectivity index (χ0v) is 11.8. The van der Waals surface area contributed by atoms with Crippen molar-refractivity contribution in [3.63, 3.8) is 0 Å². The molecule has 0 N–H and O–H groups in total. The summed E-state index contributed by atoms with van der Waals surface area (Å²) in [5, 5.41) is 0. The van der Waals surface area contributed by atoms with Crippen molar-refractivity contribution >= 4 is 17.7 Å². The van der Waals surface area contributed by atoms with Crippen molar-refractivity contribution in [2.45, 2.75) is 6.42 Å². The molecule has 2 aromatic rings. The normalized spacial score (nSPS) is 15.6. The molecule has 100 valence electrons. The van der Waals surface area contributed by atoms with Crippen molar-refractivity contribution in [3.05, 3.63) is 101 Å². The topological polar surface area (TPSA) is 0 Å². The fraction of sp³-hybridized carbons (Fsp3) is 0.0476. The summed E-state index contributed by atoms with van der Waals surface area (Å²) >= 11 is 0. The van der Waals surface area contributed by atoms with E-state index in [1.165, 1.54) is 33.4 Å². The van der Waals surface area contributed by atoms with Crippen molar-refractivity contribution in [1.29, 1.82) is 0 Å². The molecule has 0 unspecified atom stereocenters. The largest absolute Gasteiger partial charge is 0.0801 e. The van der Waals surface area contributed by atoms with Crippen LogP contribution in [-0.4, -0.2) is 0 Å². The van der Waals surface area contributed by atoms with E-state index >= 15 is 0 Å². The highest BCUT2D eigenvalue weighted by Gasteiger charge is 2.17. The number of hydrogen-bond donors (Lipinski definition) is 0. The molecule has 21 heavy (non-hydrogen) atoms. The molecular formula is C21H16. The lowest BCUT2D eigenvalue weighted by atomic mass is 9.87. The number of fused-ring (bicyclic) bond motifs is 2. The molecule has 4 rings (SSSR count). The highest BCUT2D eigenvalue weighted by molar-refractivity contribution is 5.95. The Morgan fingerprint density at radius 2 is 1.24 bits per heavy atom. The van der Waals surface area contributed by atoms with Gasteiger partial charge in [0.25, 0.3) is 0 Å². The van der Waals surface area contributed by atoms with Crippen molar-refractivity contribution in [3.8, 4) is 0 Å². The summed E-state index contributed by atoms with van der Waals surface area (Å²) in [6.07, 6.45) is 14.2. The van der Waals surface area contributed by atoms with Crippen LogP contribution in [-0.2, 0) is 0 Å². The first kappa shape index (κ1) is 12.2. The molecule has 0 nitrogen and oxygen atoms in total. The maximum Gasteiger partial charge on any atom is -0.00641 e. The summed E-state index contributed by atoms with van der Waals surface area (Å²) in [5.74, 6) is 0. The molecule has 0 fully saturated rings. The molecule has 2 aliphatic carbocycles. The van der Waals surface area contributed by atoms with Gasteiger partial charge in [0.15, 0.2) is 0 Å². The Labute approximate surface area is 125 Å². The minimum atomic E-state index is 0.995. The maximum absolute atomic E-state index is 2.24. The summed E-state index contributed by atoms with van der Waals surface area (Å²) < 4.78 is 0. The van der Waals surface area contributed by atoms with Crippen LogP contribution in [0.4, 0.5) is 0 Å². The molecule has 0 amide bonds. The van der Waals surface area contributed by atoms with E-state index in [0.717, 1.165) is 6.42 Å². The summed E-state index contributed by atoms with van der Waals surface area (Å²) in [6, 6.07) is 17.3. The van der Waals surface area contributed by atoms with Gasteiger partial charge in [-0.25, -0.2) is 0 Å². The van der Waals surface area contributed by atoms with Gasteiger partial charge >= 0.3 is 0 Å². The smallest absolute Gasteiger partial charge is 0.00641 e. The fourth-order valence-electron chi connectivity index (χ4n) is 3.11. The molecule has 0 aromatic heterocycles. The Bertz CT molecular complexity index is 762. The highest BCUT2D eigenvalue weighted by atomic mass is 14.2. The standard InChI is InChI=1S/C21H16/c1-2-10-18(11-3-1)21-19-12-6-4-8-16(19)14-15-17-9-5-7-13-20(17)21/h1-10,12-15H,11H2. The first-order valence-electron chi connectivity index (χ1n) is 7.37. The third-order valence-corrected chi connectivity index (χ3v) is 4.11. The predicted octanol–water partition coefficient (Wildman–Crippen LogP) is 5.49. The van der Waals surface area contributed by atoms with Gasteiger partial charge in [-0.2, -0.15) is 0 Å². The van der Waals surface area contributed by atoms with E-state index in [9.17, 15) is 0 Å². The zero-order chi connectivity index (χ0) is 14.1. The van der Waals surface area contributed by atoms with Crippen LogP contribution < -0.4 is 0 Å². The molecule has 0 aliphatic heterocycles. The van der Waals surface area contributed by atoms with Crippen molar-refractivity contribution in [2.24, 2.45) is 0 Å². The quantitative estimate of drug-likeness (QED) is 0.506. The van der Waals surface area contributed by atoms with E-state index in [1.807, 2.05) is 0 Å². The lowest BCUT2D eigenvalue weighted by molar-refractivity contribution is 1.26. The molecule has 2 aromatic carbocycles. The van der Waals surface area contributed by atoms with Gasteiger partial charge in [-0.05, 0) is 39.8 Å². The van der Waals surface area contributed by atoms with Gasteiger partial charge in [0.2, 0.25) is 0 Å². The Kier molecular flexibility index (Phi) is 2.93. The Morgan fingerprint density at radius 1 is 0.619 bits per heavy atom. The second kappa shape index (κ2) is 5.06. The Hall–Kier alpha value is -2.60. The molecule has 0 heterocycles. The van der Waals surface area contributed by atoms with Crippen LogP contribution >= 0.6 is 0 Å². The average molecular weight is 268 g/mol. The number of benzene rings is 2. The van der Waals surface area contributed by atoms with Crippen molar-refractivity contribution in [2.75, 3.05) is 0 Å². The van der Waals surface area contributed by atoms with E-state index in [2.05, 4.69) is 85.0 Å². The van der Waals surface area contributed by atoms with E-state index in [4.69, 9.17) is 0 Å². The molecule has 0 saturated carbocycles. The van der Waals surface area contributed by atoms with Gasteiger partial charge in [0, 0.05) is 0 Å². The van der Waals surface area contributed by atoms with Crippen LogP contribution in [0.5, 0.6) is 0 Å². The zero-order valence-electron chi connectivity index (χ0n) is 11.8. The highest BCUT2D eigenvalue weighted by Crippen LogP contribution is 2.37. The predicted molar refractivity (Wildman–Crippen MR) is 90.7 cm³/mol. The van der Waals surface area contributed by atoms with Crippen LogP contribution in [0.25, 0.3) is 17.7 Å². The SMILES string of the molecule is C1=CCC(=C2c3ccccc3C=Cc3ccccc32)C=C1. The molecule has 0 atom stereocenters. The van der Waals surface area contributed by atoms with Gasteiger partial charge in [0.05, 0.1) is 0 Å². The minimum Gasteiger partial charge on any atom is -0.0801 e. The molecule has 0 spiro atoms. The molecule has 2 aliphatic rings. The lowest BCUT2D eigenvalue weighted by Crippen LogP contribution is -1.97. The number of allylic oxidation sites excluding steroid dienone is 5. The Balaban J connectivity index is 2.07. The van der Waals surface area contributed by atoms with E-state index in [0.29, 0.717) is 0 Å². The number of rotatable bonds is 0. The van der Waals surface area contributed by atoms with Crippen LogP contribution in [0, 0.1) is 0 Å². The summed E-state index contributed by atoms with van der Waals surface area (Å²) in [4.78, 5) is 0. The molecule has 0 bridgehead atoms. The van der Waals surface area contributed by atoms with Gasteiger partial charge in [-0.15, -0.1) is 0 Å². The van der Waals surface area contributed by atoms with Gasteiger partial charge < -0.3 is 0 Å². The maximum atomic E-state index is 2.24. The lowest BCUT2D eigenvalue weighted by Gasteiger charge is -2.16. The van der Waals surface area contributed by atoms with E-state index in [1.54, 1.807) is 0 Å². The van der Waals surface area contributed by atoms with Gasteiger partial charge in [-0.1, -0.05) is 85.0 Å². The third-order valence-electron chi connectivity index (χ3n) is 4.11. The van der Waals surface area contributed by atoms with Crippen LogP contribution in [0.1, 0.15) is 28.7 Å².